The molecule has 18 heavy (non-hydrogen) atoms. The summed E-state index contributed by atoms with van der Waals surface area (Å²) in [7, 11) is -3.97. The van der Waals surface area contributed by atoms with E-state index in [9.17, 15) is 13.2 Å². The summed E-state index contributed by atoms with van der Waals surface area (Å²) in [6.07, 6.45) is 0. The summed E-state index contributed by atoms with van der Waals surface area (Å²) >= 11 is 11.7. The van der Waals surface area contributed by atoms with Crippen molar-refractivity contribution in [2.75, 3.05) is 0 Å². The summed E-state index contributed by atoms with van der Waals surface area (Å²) in [5.74, 6) is -1.28. The van der Waals surface area contributed by atoms with E-state index in [1.807, 2.05) is 4.72 Å². The number of nitrogens with one attached hydrogen (secondary N) is 1. The number of benzene rings is 1. The monoisotopic (exact) mass is 311 g/mol. The highest BCUT2D eigenvalue weighted by Crippen LogP contribution is 2.27. The Morgan fingerprint density at radius 1 is 1.33 bits per heavy atom. The Morgan fingerprint density at radius 2 is 1.78 bits per heavy atom. The molecule has 2 N–H and O–H groups in total. The van der Waals surface area contributed by atoms with E-state index in [4.69, 9.17) is 28.3 Å². The van der Waals surface area contributed by atoms with Crippen LogP contribution in [0.25, 0.3) is 0 Å². The highest BCUT2D eigenvalue weighted by molar-refractivity contribution is 7.89. The van der Waals surface area contributed by atoms with Gasteiger partial charge in [0, 0.05) is 10.0 Å². The van der Waals surface area contributed by atoms with E-state index in [-0.39, 0.29) is 14.9 Å². The summed E-state index contributed by atoms with van der Waals surface area (Å²) < 4.78 is 25.7. The SMILES string of the molecule is Cc1c(Cl)cc(S(=O)(=O)N[C@H](C)C(=O)O)cc1Cl. The lowest BCUT2D eigenvalue weighted by Crippen LogP contribution is -2.38. The van der Waals surface area contributed by atoms with E-state index in [1.165, 1.54) is 19.1 Å². The van der Waals surface area contributed by atoms with Crippen molar-refractivity contribution in [3.05, 3.63) is 27.7 Å². The van der Waals surface area contributed by atoms with Crippen molar-refractivity contribution in [3.8, 4) is 0 Å². The van der Waals surface area contributed by atoms with Gasteiger partial charge in [0.1, 0.15) is 6.04 Å². The Labute approximate surface area is 115 Å². The molecule has 0 aromatic heterocycles. The van der Waals surface area contributed by atoms with Gasteiger partial charge in [-0.2, -0.15) is 4.72 Å². The minimum atomic E-state index is -3.97. The number of halogens is 2. The zero-order chi connectivity index (χ0) is 14.1. The Bertz CT molecular complexity index is 563. The van der Waals surface area contributed by atoms with E-state index in [0.29, 0.717) is 5.56 Å². The summed E-state index contributed by atoms with van der Waals surface area (Å²) in [5, 5.41) is 9.07. The molecule has 0 radical (unpaired) electrons. The second kappa shape index (κ2) is 5.44. The molecule has 0 fully saturated rings. The number of carbonyl (C=O) groups is 1. The Hall–Kier alpha value is -0.820. The summed E-state index contributed by atoms with van der Waals surface area (Å²) in [4.78, 5) is 10.4. The molecule has 1 atom stereocenters. The first-order valence-electron chi connectivity index (χ1n) is 4.86. The van der Waals surface area contributed by atoms with Crippen LogP contribution in [0, 0.1) is 6.92 Å². The molecule has 0 unspecified atom stereocenters. The molecule has 100 valence electrons. The molecular weight excluding hydrogens is 301 g/mol. The van der Waals surface area contributed by atoms with Gasteiger partial charge >= 0.3 is 5.97 Å². The highest BCUT2D eigenvalue weighted by Gasteiger charge is 2.22. The molecule has 8 heteroatoms. The van der Waals surface area contributed by atoms with Crippen molar-refractivity contribution >= 4 is 39.2 Å². The fourth-order valence-corrected chi connectivity index (χ4v) is 2.99. The molecule has 0 amide bonds. The zero-order valence-corrected chi connectivity index (χ0v) is 11.9. The third-order valence-corrected chi connectivity index (χ3v) is 4.57. The number of rotatable bonds is 4. The first-order valence-corrected chi connectivity index (χ1v) is 7.10. The molecule has 1 rings (SSSR count). The van der Waals surface area contributed by atoms with E-state index >= 15 is 0 Å². The van der Waals surface area contributed by atoms with E-state index in [1.54, 1.807) is 6.92 Å². The van der Waals surface area contributed by atoms with Crippen LogP contribution in [0.15, 0.2) is 17.0 Å². The first kappa shape index (κ1) is 15.2. The fourth-order valence-electron chi connectivity index (χ4n) is 1.13. The smallest absolute Gasteiger partial charge is 0.321 e. The van der Waals surface area contributed by atoms with Crippen LogP contribution >= 0.6 is 23.2 Å². The molecule has 5 nitrogen and oxygen atoms in total. The second-order valence-electron chi connectivity index (χ2n) is 3.69. The number of sulfonamides is 1. The molecule has 0 bridgehead atoms. The van der Waals surface area contributed by atoms with Crippen molar-refractivity contribution in [3.63, 3.8) is 0 Å². The lowest BCUT2D eigenvalue weighted by Gasteiger charge is -2.11. The number of carboxylic acid groups (broad SMARTS) is 1. The quantitative estimate of drug-likeness (QED) is 0.891. The predicted octanol–water partition coefficient (Wildman–Crippen LogP) is 2.05. The Kier molecular flexibility index (Phi) is 4.61. The maximum absolute atomic E-state index is 11.9. The van der Waals surface area contributed by atoms with Crippen LogP contribution in [0.3, 0.4) is 0 Å². The van der Waals surface area contributed by atoms with Gasteiger partial charge < -0.3 is 5.11 Å². The normalized spacial score (nSPS) is 13.3. The standard InChI is InChI=1S/C10H11Cl2NO4S/c1-5-8(11)3-7(4-9(5)12)18(16,17)13-6(2)10(14)15/h3-4,6,13H,1-2H3,(H,14,15)/t6-/m1/s1. The van der Waals surface area contributed by atoms with Crippen molar-refractivity contribution < 1.29 is 18.3 Å². The van der Waals surface area contributed by atoms with Crippen LogP contribution in [-0.2, 0) is 14.8 Å². The molecule has 1 aromatic rings. The number of aliphatic carboxylic acids is 1. The molecule has 0 aliphatic heterocycles. The van der Waals surface area contributed by atoms with E-state index < -0.39 is 22.0 Å². The summed E-state index contributed by atoms with van der Waals surface area (Å²) in [6.45, 7) is 2.87. The van der Waals surface area contributed by atoms with Gasteiger partial charge in [-0.15, -0.1) is 0 Å². The van der Waals surface area contributed by atoms with Gasteiger partial charge in [0.25, 0.3) is 0 Å². The van der Waals surface area contributed by atoms with Gasteiger partial charge in [-0.25, -0.2) is 8.42 Å². The Morgan fingerprint density at radius 3 is 2.17 bits per heavy atom. The van der Waals surface area contributed by atoms with Crippen molar-refractivity contribution in [2.24, 2.45) is 0 Å². The van der Waals surface area contributed by atoms with Gasteiger partial charge in [0.15, 0.2) is 0 Å². The van der Waals surface area contributed by atoms with Crippen LogP contribution in [0.4, 0.5) is 0 Å². The molecule has 0 saturated carbocycles. The minimum Gasteiger partial charge on any atom is -0.480 e. The van der Waals surface area contributed by atoms with Crippen LogP contribution in [0.2, 0.25) is 10.0 Å². The lowest BCUT2D eigenvalue weighted by molar-refractivity contribution is -0.138. The fraction of sp³-hybridized carbons (Fsp3) is 0.300. The van der Waals surface area contributed by atoms with Gasteiger partial charge in [-0.05, 0) is 31.5 Å². The summed E-state index contributed by atoms with van der Waals surface area (Å²) in [5.41, 5.74) is 0.559. The molecule has 0 aliphatic rings. The van der Waals surface area contributed by atoms with Gasteiger partial charge in [-0.3, -0.25) is 4.79 Å². The first-order chi connectivity index (χ1) is 8.15. The number of carboxylic acids is 1. The number of hydrogen-bond donors (Lipinski definition) is 2. The van der Waals surface area contributed by atoms with Crippen LogP contribution < -0.4 is 4.72 Å². The maximum Gasteiger partial charge on any atom is 0.321 e. The van der Waals surface area contributed by atoms with Crippen LogP contribution in [0.1, 0.15) is 12.5 Å². The third kappa shape index (κ3) is 3.35. The van der Waals surface area contributed by atoms with E-state index in [0.717, 1.165) is 0 Å². The molecule has 0 aliphatic carbocycles. The average Bonchev–Trinajstić information content (AvgIpc) is 2.24. The van der Waals surface area contributed by atoms with Gasteiger partial charge in [-0.1, -0.05) is 23.2 Å². The zero-order valence-electron chi connectivity index (χ0n) is 9.57. The highest BCUT2D eigenvalue weighted by atomic mass is 35.5. The van der Waals surface area contributed by atoms with Crippen molar-refractivity contribution in [2.45, 2.75) is 24.8 Å². The number of hydrogen-bond acceptors (Lipinski definition) is 3. The topological polar surface area (TPSA) is 83.5 Å². The lowest BCUT2D eigenvalue weighted by atomic mass is 10.2. The molecule has 0 saturated heterocycles. The Balaban J connectivity index is 3.18. The van der Waals surface area contributed by atoms with Gasteiger partial charge in [0.2, 0.25) is 10.0 Å². The molecule has 0 heterocycles. The van der Waals surface area contributed by atoms with Crippen molar-refractivity contribution in [1.82, 2.24) is 4.72 Å². The van der Waals surface area contributed by atoms with Crippen LogP contribution in [-0.4, -0.2) is 25.5 Å². The maximum atomic E-state index is 11.9. The summed E-state index contributed by atoms with van der Waals surface area (Å²) in [6, 6.07) is 1.20. The predicted molar refractivity (Wildman–Crippen MR) is 68.6 cm³/mol. The van der Waals surface area contributed by atoms with Crippen molar-refractivity contribution in [1.29, 1.82) is 0 Å². The van der Waals surface area contributed by atoms with Gasteiger partial charge in [0.05, 0.1) is 4.90 Å². The minimum absolute atomic E-state index is 0.170. The third-order valence-electron chi connectivity index (χ3n) is 2.27. The molecule has 1 aromatic carbocycles. The second-order valence-corrected chi connectivity index (χ2v) is 6.22. The molecular formula is C10H11Cl2NO4S. The molecule has 0 spiro atoms. The largest absolute Gasteiger partial charge is 0.480 e. The van der Waals surface area contributed by atoms with E-state index in [2.05, 4.69) is 0 Å². The average molecular weight is 312 g/mol. The van der Waals surface area contributed by atoms with Crippen LogP contribution in [0.5, 0.6) is 0 Å².